The van der Waals surface area contributed by atoms with E-state index < -0.39 is 24.4 Å². The number of nitrogens with zero attached hydrogens (tertiary/aromatic N) is 1. The molecule has 8 heteroatoms. The number of aromatic hydroxyl groups is 1. The van der Waals surface area contributed by atoms with Crippen LogP contribution in [0.25, 0.3) is 0 Å². The van der Waals surface area contributed by atoms with Crippen molar-refractivity contribution in [2.75, 3.05) is 18.1 Å². The number of para-hydroxylation sites is 1. The number of carbonyl (C=O) groups excluding carboxylic acids is 3. The quantitative estimate of drug-likeness (QED) is 0.719. The molecular formula is C18H17ClN2O5. The van der Waals surface area contributed by atoms with Gasteiger partial charge in [-0.2, -0.15) is 0 Å². The monoisotopic (exact) mass is 376 g/mol. The van der Waals surface area contributed by atoms with Gasteiger partial charge in [-0.15, -0.1) is 0 Å². The number of carbonyl (C=O) groups is 3. The van der Waals surface area contributed by atoms with Crippen molar-refractivity contribution in [1.29, 1.82) is 0 Å². The van der Waals surface area contributed by atoms with Gasteiger partial charge in [0.15, 0.2) is 6.61 Å². The minimum Gasteiger partial charge on any atom is -0.507 e. The lowest BCUT2D eigenvalue weighted by Crippen LogP contribution is -2.37. The normalized spacial score (nSPS) is 10.2. The van der Waals surface area contributed by atoms with Crippen LogP contribution in [0.15, 0.2) is 48.5 Å². The highest BCUT2D eigenvalue weighted by atomic mass is 35.5. The van der Waals surface area contributed by atoms with Gasteiger partial charge in [0.1, 0.15) is 11.3 Å². The second-order valence-electron chi connectivity index (χ2n) is 5.33. The first kappa shape index (κ1) is 19.3. The van der Waals surface area contributed by atoms with Crippen LogP contribution < -0.4 is 10.6 Å². The van der Waals surface area contributed by atoms with E-state index in [9.17, 15) is 19.5 Å². The van der Waals surface area contributed by atoms with E-state index in [0.717, 1.165) is 0 Å². The second-order valence-corrected chi connectivity index (χ2v) is 5.77. The highest BCUT2D eigenvalue weighted by Gasteiger charge is 2.20. The Bertz CT molecular complexity index is 810. The first-order chi connectivity index (χ1) is 12.4. The number of primary amides is 1. The van der Waals surface area contributed by atoms with Crippen LogP contribution in [0.5, 0.6) is 5.75 Å². The lowest BCUT2D eigenvalue weighted by Gasteiger charge is -2.22. The Morgan fingerprint density at radius 2 is 1.81 bits per heavy atom. The van der Waals surface area contributed by atoms with E-state index in [1.165, 1.54) is 23.1 Å². The molecule has 0 fully saturated rings. The maximum absolute atomic E-state index is 12.5. The van der Waals surface area contributed by atoms with Gasteiger partial charge in [0, 0.05) is 23.7 Å². The van der Waals surface area contributed by atoms with Crippen molar-refractivity contribution < 1.29 is 24.2 Å². The Morgan fingerprint density at radius 1 is 1.12 bits per heavy atom. The zero-order valence-electron chi connectivity index (χ0n) is 13.7. The number of hydrogen-bond acceptors (Lipinski definition) is 5. The maximum atomic E-state index is 12.5. The largest absolute Gasteiger partial charge is 0.507 e. The van der Waals surface area contributed by atoms with Gasteiger partial charge in [-0.05, 0) is 30.3 Å². The van der Waals surface area contributed by atoms with Crippen LogP contribution >= 0.6 is 11.6 Å². The predicted molar refractivity (Wildman–Crippen MR) is 96.0 cm³/mol. The molecule has 2 aromatic rings. The third-order valence-corrected chi connectivity index (χ3v) is 3.69. The Kier molecular flexibility index (Phi) is 6.57. The molecule has 2 amide bonds. The van der Waals surface area contributed by atoms with Gasteiger partial charge in [0.05, 0.1) is 0 Å². The van der Waals surface area contributed by atoms with Gasteiger partial charge >= 0.3 is 5.97 Å². The molecule has 0 aromatic heterocycles. The maximum Gasteiger partial charge on any atom is 0.342 e. The number of anilines is 1. The molecule has 2 aromatic carbocycles. The average molecular weight is 377 g/mol. The Labute approximate surface area is 154 Å². The van der Waals surface area contributed by atoms with Gasteiger partial charge in [-0.25, -0.2) is 4.79 Å². The molecule has 0 spiro atoms. The van der Waals surface area contributed by atoms with E-state index in [4.69, 9.17) is 22.1 Å². The van der Waals surface area contributed by atoms with Gasteiger partial charge in [0.2, 0.25) is 5.91 Å². The Balaban J connectivity index is 2.07. The highest BCUT2D eigenvalue weighted by Crippen LogP contribution is 2.22. The van der Waals surface area contributed by atoms with Crippen LogP contribution in [0.2, 0.25) is 5.02 Å². The molecule has 2 rings (SSSR count). The second kappa shape index (κ2) is 8.87. The number of nitrogens with two attached hydrogens (primary N) is 1. The number of esters is 1. The molecule has 0 saturated carbocycles. The molecule has 26 heavy (non-hydrogen) atoms. The molecule has 3 N–H and O–H groups in total. The molecule has 0 heterocycles. The predicted octanol–water partition coefficient (Wildman–Crippen LogP) is 2.11. The summed E-state index contributed by atoms with van der Waals surface area (Å²) in [6.07, 6.45) is -0.0380. The van der Waals surface area contributed by atoms with Gasteiger partial charge in [-0.3, -0.25) is 9.59 Å². The summed E-state index contributed by atoms with van der Waals surface area (Å²) < 4.78 is 4.97. The van der Waals surface area contributed by atoms with Crippen LogP contribution in [0.3, 0.4) is 0 Å². The summed E-state index contributed by atoms with van der Waals surface area (Å²) in [5, 5.41) is 9.94. The van der Waals surface area contributed by atoms with Gasteiger partial charge < -0.3 is 20.5 Å². The van der Waals surface area contributed by atoms with Crippen LogP contribution in [0, 0.1) is 0 Å². The van der Waals surface area contributed by atoms with Crippen molar-refractivity contribution in [2.24, 2.45) is 5.73 Å². The van der Waals surface area contributed by atoms with Crippen molar-refractivity contribution in [2.45, 2.75) is 6.42 Å². The van der Waals surface area contributed by atoms with Crippen molar-refractivity contribution in [3.05, 3.63) is 59.1 Å². The number of ether oxygens (including phenoxy) is 1. The van der Waals surface area contributed by atoms with Crippen molar-refractivity contribution in [1.82, 2.24) is 0 Å². The standard InChI is InChI=1S/C18H17ClN2O5/c19-12-6-7-15(22)14(10-12)18(25)26-11-17(24)21(9-8-16(20)23)13-4-2-1-3-5-13/h1-7,10,22H,8-9,11H2,(H2,20,23). The average Bonchev–Trinajstić information content (AvgIpc) is 2.62. The highest BCUT2D eigenvalue weighted by molar-refractivity contribution is 6.31. The molecule has 0 aliphatic rings. The third kappa shape index (κ3) is 5.22. The number of benzene rings is 2. The van der Waals surface area contributed by atoms with E-state index in [0.29, 0.717) is 5.69 Å². The summed E-state index contributed by atoms with van der Waals surface area (Å²) in [6.45, 7) is -0.517. The molecule has 0 aliphatic heterocycles. The van der Waals surface area contributed by atoms with Crippen LogP contribution in [0.1, 0.15) is 16.8 Å². The number of rotatable bonds is 7. The molecule has 7 nitrogen and oxygen atoms in total. The Morgan fingerprint density at radius 3 is 2.46 bits per heavy atom. The van der Waals surface area contributed by atoms with E-state index >= 15 is 0 Å². The first-order valence-electron chi connectivity index (χ1n) is 7.68. The number of hydrogen-bond donors (Lipinski definition) is 2. The number of phenols is 1. The summed E-state index contributed by atoms with van der Waals surface area (Å²) >= 11 is 5.79. The first-order valence-corrected chi connectivity index (χ1v) is 8.05. The van der Waals surface area contributed by atoms with E-state index in [-0.39, 0.29) is 29.3 Å². The molecule has 0 bridgehead atoms. The topological polar surface area (TPSA) is 110 Å². The fourth-order valence-electron chi connectivity index (χ4n) is 2.18. The molecule has 0 aliphatic carbocycles. The summed E-state index contributed by atoms with van der Waals surface area (Å²) in [5.41, 5.74) is 5.54. The molecular weight excluding hydrogens is 360 g/mol. The van der Waals surface area contributed by atoms with Gasteiger partial charge in [-0.1, -0.05) is 29.8 Å². The van der Waals surface area contributed by atoms with E-state index in [1.54, 1.807) is 30.3 Å². The van der Waals surface area contributed by atoms with Crippen LogP contribution in [-0.2, 0) is 14.3 Å². The molecule has 0 atom stereocenters. The van der Waals surface area contributed by atoms with Crippen LogP contribution in [-0.4, -0.2) is 36.0 Å². The summed E-state index contributed by atoms with van der Waals surface area (Å²) in [7, 11) is 0. The number of halogens is 1. The third-order valence-electron chi connectivity index (χ3n) is 3.46. The minimum absolute atomic E-state index is 0.0380. The van der Waals surface area contributed by atoms with Crippen molar-refractivity contribution in [3.63, 3.8) is 0 Å². The summed E-state index contributed by atoms with van der Waals surface area (Å²) in [5.74, 6) is -2.28. The SMILES string of the molecule is NC(=O)CCN(C(=O)COC(=O)c1cc(Cl)ccc1O)c1ccccc1. The molecule has 136 valence electrons. The van der Waals surface area contributed by atoms with Gasteiger partial charge in [0.25, 0.3) is 5.91 Å². The molecule has 0 saturated heterocycles. The number of phenolic OH excluding ortho intramolecular Hbond substituents is 1. The lowest BCUT2D eigenvalue weighted by atomic mass is 10.2. The molecule has 0 unspecified atom stereocenters. The Hall–Kier alpha value is -3.06. The zero-order chi connectivity index (χ0) is 19.1. The number of amides is 2. The van der Waals surface area contributed by atoms with Crippen molar-refractivity contribution >= 4 is 35.1 Å². The minimum atomic E-state index is -0.888. The van der Waals surface area contributed by atoms with E-state index in [1.807, 2.05) is 0 Å². The van der Waals surface area contributed by atoms with Crippen LogP contribution in [0.4, 0.5) is 5.69 Å². The summed E-state index contributed by atoms with van der Waals surface area (Å²) in [4.78, 5) is 36.9. The molecule has 0 radical (unpaired) electrons. The fraction of sp³-hybridized carbons (Fsp3) is 0.167. The zero-order valence-corrected chi connectivity index (χ0v) is 14.5. The lowest BCUT2D eigenvalue weighted by molar-refractivity contribution is -0.121. The van der Waals surface area contributed by atoms with Crippen molar-refractivity contribution in [3.8, 4) is 5.75 Å². The van der Waals surface area contributed by atoms with E-state index in [2.05, 4.69) is 0 Å². The fourth-order valence-corrected chi connectivity index (χ4v) is 2.35. The smallest absolute Gasteiger partial charge is 0.342 e. The summed E-state index contributed by atoms with van der Waals surface area (Å²) in [6, 6.07) is 12.5.